The van der Waals surface area contributed by atoms with Gasteiger partial charge in [-0.15, -0.1) is 0 Å². The average Bonchev–Trinajstić information content (AvgIpc) is 2.60. The van der Waals surface area contributed by atoms with Crippen LogP contribution in [0.2, 0.25) is 0 Å². The van der Waals surface area contributed by atoms with Gasteiger partial charge in [0.2, 0.25) is 0 Å². The third-order valence-corrected chi connectivity index (χ3v) is 3.56. The van der Waals surface area contributed by atoms with Crippen LogP contribution in [-0.2, 0) is 13.0 Å². The Hall–Kier alpha value is -1.28. The molecule has 0 unspecified atom stereocenters. The Morgan fingerprint density at radius 3 is 2.61 bits per heavy atom. The molecule has 2 nitrogen and oxygen atoms in total. The van der Waals surface area contributed by atoms with E-state index in [1.165, 1.54) is 42.5 Å². The Bertz CT molecular complexity index is 514. The molecule has 1 aromatic carbocycles. The van der Waals surface area contributed by atoms with E-state index in [9.17, 15) is 0 Å². The second-order valence-electron chi connectivity index (χ2n) is 4.90. The zero-order valence-corrected chi connectivity index (χ0v) is 11.5. The molecule has 0 saturated carbocycles. The molecule has 0 radical (unpaired) electrons. The maximum Gasteiger partial charge on any atom is 0.140 e. The third-order valence-electron chi connectivity index (χ3n) is 3.56. The van der Waals surface area contributed by atoms with Crippen LogP contribution in [0.5, 0.6) is 0 Å². The van der Waals surface area contributed by atoms with Crippen molar-refractivity contribution in [2.75, 3.05) is 0 Å². The van der Waals surface area contributed by atoms with Crippen LogP contribution in [0.15, 0.2) is 30.5 Å². The summed E-state index contributed by atoms with van der Waals surface area (Å²) in [6.07, 6.45) is 7.16. The highest BCUT2D eigenvalue weighted by Gasteiger charge is 2.13. The molecule has 3 rings (SSSR count). The molecule has 0 fully saturated rings. The summed E-state index contributed by atoms with van der Waals surface area (Å²) in [4.78, 5) is 4.60. The van der Waals surface area contributed by atoms with Crippen molar-refractivity contribution in [2.24, 2.45) is 0 Å². The number of hydrogen-bond acceptors (Lipinski definition) is 1. The average molecular weight is 262 g/mol. The van der Waals surface area contributed by atoms with Gasteiger partial charge in [-0.3, -0.25) is 0 Å². The van der Waals surface area contributed by atoms with Gasteiger partial charge in [0.1, 0.15) is 5.82 Å². The first-order valence-electron chi connectivity index (χ1n) is 6.46. The minimum absolute atomic E-state index is 0. The van der Waals surface area contributed by atoms with E-state index in [1.54, 1.807) is 0 Å². The second kappa shape index (κ2) is 5.57. The van der Waals surface area contributed by atoms with Gasteiger partial charge in [0.25, 0.3) is 0 Å². The second-order valence-corrected chi connectivity index (χ2v) is 4.90. The molecule has 2 heterocycles. The SMILES string of the molecule is Cc1ccc(-c2ncc3n2CCCCC3)cc1.[Cl-]. The van der Waals surface area contributed by atoms with Gasteiger partial charge in [-0.05, 0) is 26.2 Å². The summed E-state index contributed by atoms with van der Waals surface area (Å²) >= 11 is 0. The van der Waals surface area contributed by atoms with Crippen LogP contribution in [0.3, 0.4) is 0 Å². The molecule has 1 aliphatic rings. The summed E-state index contributed by atoms with van der Waals surface area (Å²) in [7, 11) is 0. The van der Waals surface area contributed by atoms with Gasteiger partial charge in [-0.2, -0.15) is 0 Å². The number of fused-ring (bicyclic) bond motifs is 1. The summed E-state index contributed by atoms with van der Waals surface area (Å²) in [5.41, 5.74) is 3.94. The summed E-state index contributed by atoms with van der Waals surface area (Å²) in [5, 5.41) is 0. The number of imidazole rings is 1. The number of hydrogen-bond donors (Lipinski definition) is 0. The number of aromatic nitrogens is 2. The molecule has 3 heteroatoms. The highest BCUT2D eigenvalue weighted by atomic mass is 35.5. The van der Waals surface area contributed by atoms with Crippen LogP contribution in [0.25, 0.3) is 11.4 Å². The molecule has 96 valence electrons. The van der Waals surface area contributed by atoms with E-state index >= 15 is 0 Å². The number of halogens is 1. The minimum atomic E-state index is 0. The molecule has 0 saturated heterocycles. The topological polar surface area (TPSA) is 17.8 Å². The van der Waals surface area contributed by atoms with Crippen molar-refractivity contribution in [2.45, 2.75) is 39.2 Å². The van der Waals surface area contributed by atoms with Crippen molar-refractivity contribution in [1.29, 1.82) is 0 Å². The molecule has 0 aliphatic carbocycles. The highest BCUT2D eigenvalue weighted by molar-refractivity contribution is 5.56. The van der Waals surface area contributed by atoms with Crippen molar-refractivity contribution in [3.8, 4) is 11.4 Å². The first kappa shape index (κ1) is 13.2. The molecular formula is C15H18ClN2-. The Kier molecular flexibility index (Phi) is 4.07. The van der Waals surface area contributed by atoms with E-state index < -0.39 is 0 Å². The molecule has 1 aliphatic heterocycles. The van der Waals surface area contributed by atoms with Gasteiger partial charge < -0.3 is 17.0 Å². The van der Waals surface area contributed by atoms with Crippen LogP contribution in [0, 0.1) is 6.92 Å². The molecule has 0 amide bonds. The summed E-state index contributed by atoms with van der Waals surface area (Å²) in [5.74, 6) is 1.14. The van der Waals surface area contributed by atoms with Gasteiger partial charge >= 0.3 is 0 Å². The van der Waals surface area contributed by atoms with Crippen molar-refractivity contribution in [1.82, 2.24) is 9.55 Å². The van der Waals surface area contributed by atoms with Gasteiger partial charge in [0.15, 0.2) is 0 Å². The molecule has 18 heavy (non-hydrogen) atoms. The van der Waals surface area contributed by atoms with E-state index in [-0.39, 0.29) is 12.4 Å². The van der Waals surface area contributed by atoms with Crippen LogP contribution < -0.4 is 12.4 Å². The van der Waals surface area contributed by atoms with Crippen LogP contribution >= 0.6 is 0 Å². The van der Waals surface area contributed by atoms with Gasteiger partial charge in [0.05, 0.1) is 0 Å². The fraction of sp³-hybridized carbons (Fsp3) is 0.400. The van der Waals surface area contributed by atoms with Crippen molar-refractivity contribution in [3.63, 3.8) is 0 Å². The lowest BCUT2D eigenvalue weighted by Gasteiger charge is -2.08. The Labute approximate surface area is 114 Å². The van der Waals surface area contributed by atoms with Crippen LogP contribution in [0.1, 0.15) is 30.5 Å². The first-order chi connectivity index (χ1) is 8.34. The van der Waals surface area contributed by atoms with Crippen molar-refractivity contribution < 1.29 is 12.4 Å². The number of aryl methyl sites for hydroxylation is 2. The zero-order valence-electron chi connectivity index (χ0n) is 10.7. The lowest BCUT2D eigenvalue weighted by molar-refractivity contribution is -0.00000361. The smallest absolute Gasteiger partial charge is 0.140 e. The number of rotatable bonds is 1. The van der Waals surface area contributed by atoms with Crippen LogP contribution in [-0.4, -0.2) is 9.55 Å². The molecule has 0 N–H and O–H groups in total. The molecule has 0 bridgehead atoms. The van der Waals surface area contributed by atoms with Crippen LogP contribution in [0.4, 0.5) is 0 Å². The number of nitrogens with zero attached hydrogens (tertiary/aromatic N) is 2. The molecule has 2 aromatic rings. The summed E-state index contributed by atoms with van der Waals surface area (Å²) in [6, 6.07) is 8.67. The molecule has 0 spiro atoms. The van der Waals surface area contributed by atoms with Gasteiger partial charge in [-0.1, -0.05) is 36.2 Å². The fourth-order valence-corrected chi connectivity index (χ4v) is 2.55. The maximum absolute atomic E-state index is 4.60. The standard InChI is InChI=1S/C15H18N2.ClH/c1-12-6-8-13(9-7-12)15-16-11-14-5-3-2-4-10-17(14)15;/h6-9,11H,2-5,10H2,1H3;1H/p-1. The lowest BCUT2D eigenvalue weighted by atomic mass is 10.1. The van der Waals surface area contributed by atoms with Gasteiger partial charge in [0, 0.05) is 24.0 Å². The Balaban J connectivity index is 0.00000120. The summed E-state index contributed by atoms with van der Waals surface area (Å²) in [6.45, 7) is 3.24. The maximum atomic E-state index is 4.60. The quantitative estimate of drug-likeness (QED) is 0.735. The summed E-state index contributed by atoms with van der Waals surface area (Å²) < 4.78 is 2.40. The monoisotopic (exact) mass is 261 g/mol. The van der Waals surface area contributed by atoms with E-state index in [4.69, 9.17) is 0 Å². The normalized spacial score (nSPS) is 14.5. The van der Waals surface area contributed by atoms with Crippen molar-refractivity contribution in [3.05, 3.63) is 41.7 Å². The highest BCUT2D eigenvalue weighted by Crippen LogP contribution is 2.24. The van der Waals surface area contributed by atoms with E-state index in [2.05, 4.69) is 46.9 Å². The molecular weight excluding hydrogens is 244 g/mol. The lowest BCUT2D eigenvalue weighted by Crippen LogP contribution is -3.00. The largest absolute Gasteiger partial charge is 1.00 e. The Morgan fingerprint density at radius 2 is 1.83 bits per heavy atom. The van der Waals surface area contributed by atoms with E-state index in [1.807, 2.05) is 0 Å². The first-order valence-corrected chi connectivity index (χ1v) is 6.46. The zero-order chi connectivity index (χ0) is 11.7. The third kappa shape index (κ3) is 2.44. The molecule has 0 atom stereocenters. The Morgan fingerprint density at radius 1 is 1.06 bits per heavy atom. The fourth-order valence-electron chi connectivity index (χ4n) is 2.55. The van der Waals surface area contributed by atoms with Gasteiger partial charge in [-0.25, -0.2) is 4.98 Å². The predicted molar refractivity (Wildman–Crippen MR) is 70.0 cm³/mol. The number of benzene rings is 1. The predicted octanol–water partition coefficient (Wildman–Crippen LogP) is 0.589. The van der Waals surface area contributed by atoms with E-state index in [0.717, 1.165) is 12.4 Å². The van der Waals surface area contributed by atoms with E-state index in [0.29, 0.717) is 0 Å². The molecule has 1 aromatic heterocycles. The minimum Gasteiger partial charge on any atom is -1.00 e. The van der Waals surface area contributed by atoms with Crippen molar-refractivity contribution >= 4 is 0 Å².